The molecule has 3 heteroatoms. The monoisotopic (exact) mass is 197 g/mol. The van der Waals surface area contributed by atoms with Gasteiger partial charge in [0.05, 0.1) is 6.07 Å². The van der Waals surface area contributed by atoms with Crippen molar-refractivity contribution in [2.45, 2.75) is 38.6 Å². The van der Waals surface area contributed by atoms with Crippen molar-refractivity contribution in [3.05, 3.63) is 0 Å². The van der Waals surface area contributed by atoms with Crippen molar-refractivity contribution in [1.29, 1.82) is 5.26 Å². The highest BCUT2D eigenvalue weighted by atomic mass is 15.1. The molecule has 0 spiro atoms. The summed E-state index contributed by atoms with van der Waals surface area (Å²) in [6.45, 7) is 6.35. The second-order valence-corrected chi connectivity index (χ2v) is 4.10. The van der Waals surface area contributed by atoms with E-state index in [1.165, 1.54) is 6.42 Å². The Kier molecular flexibility index (Phi) is 6.52. The first-order chi connectivity index (χ1) is 6.58. The predicted molar refractivity (Wildman–Crippen MR) is 60.1 cm³/mol. The first-order valence-corrected chi connectivity index (χ1v) is 5.36. The van der Waals surface area contributed by atoms with Crippen LogP contribution in [0.2, 0.25) is 0 Å². The van der Waals surface area contributed by atoms with Crippen LogP contribution < -0.4 is 5.32 Å². The van der Waals surface area contributed by atoms with E-state index in [0.717, 1.165) is 25.9 Å². The summed E-state index contributed by atoms with van der Waals surface area (Å²) in [7, 11) is 3.98. The number of nitriles is 1. The normalized spacial score (nSPS) is 15.1. The van der Waals surface area contributed by atoms with Gasteiger partial charge in [-0.15, -0.1) is 0 Å². The molecular formula is C11H23N3. The Morgan fingerprint density at radius 1 is 1.43 bits per heavy atom. The van der Waals surface area contributed by atoms with Crippen molar-refractivity contribution in [1.82, 2.24) is 10.2 Å². The van der Waals surface area contributed by atoms with Crippen LogP contribution >= 0.6 is 0 Å². The van der Waals surface area contributed by atoms with Gasteiger partial charge in [0.1, 0.15) is 5.54 Å². The third kappa shape index (κ3) is 5.21. The third-order valence-electron chi connectivity index (χ3n) is 2.62. The number of rotatable bonds is 7. The van der Waals surface area contributed by atoms with Crippen molar-refractivity contribution in [3.63, 3.8) is 0 Å². The first kappa shape index (κ1) is 13.4. The molecule has 0 bridgehead atoms. The highest BCUT2D eigenvalue weighted by molar-refractivity contribution is 5.02. The lowest BCUT2D eigenvalue weighted by atomic mass is 9.98. The molecule has 0 aliphatic rings. The Balaban J connectivity index is 3.68. The Morgan fingerprint density at radius 2 is 2.07 bits per heavy atom. The predicted octanol–water partition coefficient (Wildman–Crippen LogP) is 1.61. The van der Waals surface area contributed by atoms with Crippen LogP contribution in [0, 0.1) is 11.3 Å². The average Bonchev–Trinajstić information content (AvgIpc) is 2.18. The van der Waals surface area contributed by atoms with Gasteiger partial charge in [-0.05, 0) is 53.4 Å². The van der Waals surface area contributed by atoms with Crippen molar-refractivity contribution >= 4 is 0 Å². The second-order valence-electron chi connectivity index (χ2n) is 4.10. The van der Waals surface area contributed by atoms with Gasteiger partial charge in [-0.25, -0.2) is 0 Å². The van der Waals surface area contributed by atoms with E-state index in [4.69, 9.17) is 5.26 Å². The lowest BCUT2D eigenvalue weighted by molar-refractivity contribution is 0.309. The smallest absolute Gasteiger partial charge is 0.103 e. The Bertz CT molecular complexity index is 185. The van der Waals surface area contributed by atoms with E-state index < -0.39 is 0 Å². The summed E-state index contributed by atoms with van der Waals surface area (Å²) in [5, 5.41) is 12.0. The molecule has 0 saturated heterocycles. The van der Waals surface area contributed by atoms with Crippen LogP contribution in [-0.2, 0) is 0 Å². The molecule has 0 radical (unpaired) electrons. The molecule has 1 N–H and O–H groups in total. The van der Waals surface area contributed by atoms with Crippen LogP contribution in [-0.4, -0.2) is 37.6 Å². The van der Waals surface area contributed by atoms with Crippen LogP contribution in [0.1, 0.15) is 33.1 Å². The lowest BCUT2D eigenvalue weighted by Gasteiger charge is -2.22. The molecule has 0 aliphatic carbocycles. The summed E-state index contributed by atoms with van der Waals surface area (Å²) in [6.07, 6.45) is 3.17. The maximum absolute atomic E-state index is 8.93. The number of nitrogens with zero attached hydrogens (tertiary/aromatic N) is 2. The van der Waals surface area contributed by atoms with Gasteiger partial charge in [0, 0.05) is 0 Å². The summed E-state index contributed by atoms with van der Waals surface area (Å²) in [4.78, 5) is 2.31. The topological polar surface area (TPSA) is 39.1 Å². The molecule has 0 aromatic rings. The van der Waals surface area contributed by atoms with Gasteiger partial charge < -0.3 is 10.2 Å². The summed E-state index contributed by atoms with van der Waals surface area (Å²) in [5.74, 6) is 0. The summed E-state index contributed by atoms with van der Waals surface area (Å²) < 4.78 is 0. The molecule has 0 aromatic heterocycles. The minimum atomic E-state index is -0.354. The fourth-order valence-electron chi connectivity index (χ4n) is 1.43. The Labute approximate surface area is 88.1 Å². The van der Waals surface area contributed by atoms with E-state index in [1.807, 2.05) is 14.0 Å². The standard InChI is InChI=1S/C11H23N3/c1-5-8-14(4)9-6-7-11(2,10-12)13-3/h13H,5-9H2,1-4H3. The average molecular weight is 197 g/mol. The van der Waals surface area contributed by atoms with E-state index in [0.29, 0.717) is 0 Å². The third-order valence-corrected chi connectivity index (χ3v) is 2.62. The largest absolute Gasteiger partial charge is 0.306 e. The molecule has 0 fully saturated rings. The molecule has 14 heavy (non-hydrogen) atoms. The Hall–Kier alpha value is -0.590. The molecule has 0 aliphatic heterocycles. The fraction of sp³-hybridized carbons (Fsp3) is 0.909. The van der Waals surface area contributed by atoms with Crippen molar-refractivity contribution in [2.24, 2.45) is 0 Å². The molecule has 0 heterocycles. The van der Waals surface area contributed by atoms with Gasteiger partial charge in [0.2, 0.25) is 0 Å². The summed E-state index contributed by atoms with van der Waals surface area (Å²) in [5.41, 5.74) is -0.354. The highest BCUT2D eigenvalue weighted by Crippen LogP contribution is 2.10. The van der Waals surface area contributed by atoms with E-state index in [-0.39, 0.29) is 5.54 Å². The second kappa shape index (κ2) is 6.80. The van der Waals surface area contributed by atoms with Crippen molar-refractivity contribution < 1.29 is 0 Å². The molecule has 0 saturated carbocycles. The number of hydrogen-bond acceptors (Lipinski definition) is 3. The minimum Gasteiger partial charge on any atom is -0.306 e. The zero-order chi connectivity index (χ0) is 11.0. The molecule has 0 rings (SSSR count). The molecule has 1 unspecified atom stereocenters. The zero-order valence-electron chi connectivity index (χ0n) is 9.93. The number of hydrogen-bond donors (Lipinski definition) is 1. The maximum Gasteiger partial charge on any atom is 0.103 e. The lowest BCUT2D eigenvalue weighted by Crippen LogP contribution is -2.38. The highest BCUT2D eigenvalue weighted by Gasteiger charge is 2.20. The van der Waals surface area contributed by atoms with Crippen molar-refractivity contribution in [3.8, 4) is 6.07 Å². The summed E-state index contributed by atoms with van der Waals surface area (Å²) >= 11 is 0. The van der Waals surface area contributed by atoms with Gasteiger partial charge in [0.15, 0.2) is 0 Å². The molecule has 82 valence electrons. The first-order valence-electron chi connectivity index (χ1n) is 5.36. The van der Waals surface area contributed by atoms with Crippen LogP contribution in [0.3, 0.4) is 0 Å². The van der Waals surface area contributed by atoms with Gasteiger partial charge >= 0.3 is 0 Å². The van der Waals surface area contributed by atoms with Crippen LogP contribution in [0.15, 0.2) is 0 Å². The van der Waals surface area contributed by atoms with Crippen LogP contribution in [0.5, 0.6) is 0 Å². The number of nitrogens with one attached hydrogen (secondary N) is 1. The molecule has 0 aromatic carbocycles. The SMILES string of the molecule is CCCN(C)CCCC(C)(C#N)NC. The fourth-order valence-corrected chi connectivity index (χ4v) is 1.43. The van der Waals surface area contributed by atoms with Crippen molar-refractivity contribution in [2.75, 3.05) is 27.2 Å². The quantitative estimate of drug-likeness (QED) is 0.674. The van der Waals surface area contributed by atoms with E-state index >= 15 is 0 Å². The minimum absolute atomic E-state index is 0.354. The van der Waals surface area contributed by atoms with Gasteiger partial charge in [0.25, 0.3) is 0 Å². The Morgan fingerprint density at radius 3 is 2.50 bits per heavy atom. The molecule has 3 nitrogen and oxygen atoms in total. The van der Waals surface area contributed by atoms with E-state index in [1.54, 1.807) is 0 Å². The maximum atomic E-state index is 8.93. The van der Waals surface area contributed by atoms with Gasteiger partial charge in [-0.2, -0.15) is 5.26 Å². The van der Waals surface area contributed by atoms with Gasteiger partial charge in [-0.1, -0.05) is 6.92 Å². The van der Waals surface area contributed by atoms with Crippen LogP contribution in [0.4, 0.5) is 0 Å². The van der Waals surface area contributed by atoms with E-state index in [2.05, 4.69) is 30.3 Å². The molecule has 0 amide bonds. The molecule has 1 atom stereocenters. The van der Waals surface area contributed by atoms with E-state index in [9.17, 15) is 0 Å². The molecular weight excluding hydrogens is 174 g/mol. The van der Waals surface area contributed by atoms with Crippen LogP contribution in [0.25, 0.3) is 0 Å². The zero-order valence-corrected chi connectivity index (χ0v) is 9.93. The van der Waals surface area contributed by atoms with Gasteiger partial charge in [-0.3, -0.25) is 0 Å². The summed E-state index contributed by atoms with van der Waals surface area (Å²) in [6, 6.07) is 2.30.